The molecule has 0 amide bonds. The highest BCUT2D eigenvalue weighted by molar-refractivity contribution is 9.10. The zero-order valence-electron chi connectivity index (χ0n) is 8.32. The van der Waals surface area contributed by atoms with Crippen LogP contribution < -0.4 is 4.74 Å². The quantitative estimate of drug-likeness (QED) is 0.928. The van der Waals surface area contributed by atoms with Crippen LogP contribution in [0.15, 0.2) is 22.7 Å². The van der Waals surface area contributed by atoms with Crippen molar-refractivity contribution in [1.82, 2.24) is 0 Å². The topological polar surface area (TPSA) is 46.5 Å². The second-order valence-corrected chi connectivity index (χ2v) is 5.08. The van der Waals surface area contributed by atoms with Gasteiger partial charge < -0.3 is 9.84 Å². The van der Waals surface area contributed by atoms with Crippen molar-refractivity contribution < 1.29 is 14.6 Å². The molecule has 0 saturated heterocycles. The lowest BCUT2D eigenvalue weighted by molar-refractivity contribution is -0.146. The zero-order valence-corrected chi connectivity index (χ0v) is 10.7. The minimum atomic E-state index is -0.913. The Kier molecular flexibility index (Phi) is 3.40. The molecule has 1 atom stereocenters. The molecule has 1 aromatic carbocycles. The number of hydrogen-bond donors (Lipinski definition) is 1. The van der Waals surface area contributed by atoms with Crippen molar-refractivity contribution in [3.63, 3.8) is 0 Å². The average molecular weight is 306 g/mol. The summed E-state index contributed by atoms with van der Waals surface area (Å²) in [4.78, 5) is 11.0. The fraction of sp³-hybridized carbons (Fsp3) is 0.364. The van der Waals surface area contributed by atoms with Gasteiger partial charge in [-0.05, 0) is 47.0 Å². The van der Waals surface area contributed by atoms with Crippen LogP contribution in [0.4, 0.5) is 0 Å². The summed E-state index contributed by atoms with van der Waals surface area (Å²) in [5.74, 6) is -0.256. The summed E-state index contributed by atoms with van der Waals surface area (Å²) in [6.07, 6.45) is 1.09. The Balaban J connectivity index is 2.15. The molecule has 1 unspecified atom stereocenters. The second kappa shape index (κ2) is 4.63. The summed E-state index contributed by atoms with van der Waals surface area (Å²) in [6, 6.07) is 5.03. The predicted molar refractivity (Wildman–Crippen MR) is 63.9 cm³/mol. The van der Waals surface area contributed by atoms with Gasteiger partial charge in [-0.3, -0.25) is 0 Å². The van der Waals surface area contributed by atoms with Crippen molar-refractivity contribution in [2.45, 2.75) is 18.9 Å². The van der Waals surface area contributed by atoms with Crippen molar-refractivity contribution in [3.05, 3.63) is 27.7 Å². The molecule has 1 saturated carbocycles. The lowest BCUT2D eigenvalue weighted by atomic mass is 10.2. The highest BCUT2D eigenvalue weighted by Gasteiger charge is 2.38. The van der Waals surface area contributed by atoms with Gasteiger partial charge in [0.15, 0.2) is 6.10 Å². The van der Waals surface area contributed by atoms with Crippen LogP contribution in [0.5, 0.6) is 5.75 Å². The molecule has 5 heteroatoms. The number of halogens is 2. The van der Waals surface area contributed by atoms with E-state index in [2.05, 4.69) is 15.9 Å². The first-order valence-corrected chi connectivity index (χ1v) is 6.09. The van der Waals surface area contributed by atoms with E-state index in [-0.39, 0.29) is 5.92 Å². The highest BCUT2D eigenvalue weighted by atomic mass is 79.9. The standard InChI is InChI=1S/C11H10BrClO3/c12-8-5-7(13)3-4-9(8)16-10(11(14)15)6-1-2-6/h3-6,10H,1-2H2,(H,14,15). The van der Waals surface area contributed by atoms with Gasteiger partial charge in [0.1, 0.15) is 5.75 Å². The molecule has 86 valence electrons. The Morgan fingerprint density at radius 2 is 2.25 bits per heavy atom. The van der Waals surface area contributed by atoms with Gasteiger partial charge in [-0.25, -0.2) is 4.79 Å². The maximum atomic E-state index is 11.0. The molecule has 1 fully saturated rings. The van der Waals surface area contributed by atoms with E-state index in [1.54, 1.807) is 18.2 Å². The maximum absolute atomic E-state index is 11.0. The zero-order chi connectivity index (χ0) is 11.7. The van der Waals surface area contributed by atoms with Crippen LogP contribution in [-0.2, 0) is 4.79 Å². The molecule has 0 bridgehead atoms. The first kappa shape index (κ1) is 11.7. The molecule has 3 nitrogen and oxygen atoms in total. The summed E-state index contributed by atoms with van der Waals surface area (Å²) in [5, 5.41) is 9.61. The summed E-state index contributed by atoms with van der Waals surface area (Å²) in [5.41, 5.74) is 0. The molecule has 1 aliphatic carbocycles. The molecule has 0 aromatic heterocycles. The number of ether oxygens (including phenoxy) is 1. The van der Waals surface area contributed by atoms with Gasteiger partial charge in [-0.2, -0.15) is 0 Å². The predicted octanol–water partition coefficient (Wildman–Crippen LogP) is 3.34. The van der Waals surface area contributed by atoms with Gasteiger partial charge in [0.25, 0.3) is 0 Å². The molecular formula is C11H10BrClO3. The van der Waals surface area contributed by atoms with Gasteiger partial charge in [0.2, 0.25) is 0 Å². The van der Waals surface area contributed by atoms with Crippen LogP contribution in [0.3, 0.4) is 0 Å². The number of hydrogen-bond acceptors (Lipinski definition) is 2. The second-order valence-electron chi connectivity index (χ2n) is 3.79. The number of carboxylic acids is 1. The molecule has 0 heterocycles. The van der Waals surface area contributed by atoms with Crippen LogP contribution in [0, 0.1) is 5.92 Å². The fourth-order valence-electron chi connectivity index (χ4n) is 1.45. The Morgan fingerprint density at radius 1 is 1.56 bits per heavy atom. The molecular weight excluding hydrogens is 295 g/mol. The van der Waals surface area contributed by atoms with E-state index < -0.39 is 12.1 Å². The van der Waals surface area contributed by atoms with Gasteiger partial charge in [-0.1, -0.05) is 11.6 Å². The number of benzene rings is 1. The third kappa shape index (κ3) is 2.68. The third-order valence-electron chi connectivity index (χ3n) is 2.44. The maximum Gasteiger partial charge on any atom is 0.345 e. The minimum absolute atomic E-state index is 0.139. The van der Waals surface area contributed by atoms with Gasteiger partial charge in [-0.15, -0.1) is 0 Å². The van der Waals surface area contributed by atoms with Crippen LogP contribution in [0.1, 0.15) is 12.8 Å². The lowest BCUT2D eigenvalue weighted by Gasteiger charge is -2.15. The van der Waals surface area contributed by atoms with Crippen molar-refractivity contribution >= 4 is 33.5 Å². The first-order valence-electron chi connectivity index (χ1n) is 4.92. The number of rotatable bonds is 4. The van der Waals surface area contributed by atoms with E-state index in [1.165, 1.54) is 0 Å². The van der Waals surface area contributed by atoms with E-state index in [1.807, 2.05) is 0 Å². The summed E-state index contributed by atoms with van der Waals surface area (Å²) >= 11 is 9.08. The monoisotopic (exact) mass is 304 g/mol. The third-order valence-corrected chi connectivity index (χ3v) is 3.30. The molecule has 16 heavy (non-hydrogen) atoms. The molecule has 1 aliphatic rings. The van der Waals surface area contributed by atoms with Crippen LogP contribution in [0.2, 0.25) is 5.02 Å². The Bertz CT molecular complexity index is 418. The molecule has 1 N–H and O–H groups in total. The minimum Gasteiger partial charge on any atom is -0.478 e. The lowest BCUT2D eigenvalue weighted by Crippen LogP contribution is -2.29. The smallest absolute Gasteiger partial charge is 0.345 e. The van der Waals surface area contributed by atoms with Crippen LogP contribution in [0.25, 0.3) is 0 Å². The molecule has 0 aliphatic heterocycles. The van der Waals surface area contributed by atoms with Crippen LogP contribution >= 0.6 is 27.5 Å². The van der Waals surface area contributed by atoms with Crippen molar-refractivity contribution in [3.8, 4) is 5.75 Å². The van der Waals surface area contributed by atoms with E-state index in [0.29, 0.717) is 15.2 Å². The fourth-order valence-corrected chi connectivity index (χ4v) is 2.23. The molecule has 2 rings (SSSR count). The summed E-state index contributed by atoms with van der Waals surface area (Å²) in [7, 11) is 0. The molecule has 0 radical (unpaired) electrons. The summed E-state index contributed by atoms with van der Waals surface area (Å²) < 4.78 is 6.15. The Hall–Kier alpha value is -0.740. The van der Waals surface area contributed by atoms with Crippen molar-refractivity contribution in [2.75, 3.05) is 0 Å². The van der Waals surface area contributed by atoms with Crippen LogP contribution in [-0.4, -0.2) is 17.2 Å². The first-order chi connectivity index (χ1) is 7.58. The highest BCUT2D eigenvalue weighted by Crippen LogP contribution is 2.37. The number of aliphatic carboxylic acids is 1. The van der Waals surface area contributed by atoms with Gasteiger partial charge in [0, 0.05) is 10.9 Å². The van der Waals surface area contributed by atoms with E-state index in [9.17, 15) is 4.79 Å². The van der Waals surface area contributed by atoms with Gasteiger partial charge in [0.05, 0.1) is 4.47 Å². The molecule has 1 aromatic rings. The van der Waals surface area contributed by atoms with E-state index in [0.717, 1.165) is 12.8 Å². The Labute approximate surface area is 106 Å². The number of carbonyl (C=O) groups is 1. The summed E-state index contributed by atoms with van der Waals surface area (Å²) in [6.45, 7) is 0. The Morgan fingerprint density at radius 3 is 2.75 bits per heavy atom. The normalized spacial score (nSPS) is 16.9. The van der Waals surface area contributed by atoms with Crippen molar-refractivity contribution in [2.24, 2.45) is 5.92 Å². The average Bonchev–Trinajstić information content (AvgIpc) is 2.99. The van der Waals surface area contributed by atoms with Gasteiger partial charge >= 0.3 is 5.97 Å². The van der Waals surface area contributed by atoms with E-state index in [4.69, 9.17) is 21.4 Å². The van der Waals surface area contributed by atoms with E-state index >= 15 is 0 Å². The largest absolute Gasteiger partial charge is 0.478 e. The van der Waals surface area contributed by atoms with Crippen molar-refractivity contribution in [1.29, 1.82) is 0 Å². The molecule has 0 spiro atoms. The SMILES string of the molecule is O=C(O)C(Oc1ccc(Cl)cc1Br)C1CC1. The number of carboxylic acid groups (broad SMARTS) is 1.